The zero-order valence-corrected chi connectivity index (χ0v) is 13.8. The van der Waals surface area contributed by atoms with Gasteiger partial charge in [-0.05, 0) is 35.9 Å². The van der Waals surface area contributed by atoms with Gasteiger partial charge in [0.15, 0.2) is 0 Å². The SMILES string of the molecule is C[C@H](NP(=O)(Cl)c1ccccc1)C(=O)OCc1ccccc1. The van der Waals surface area contributed by atoms with Gasteiger partial charge in [-0.2, -0.15) is 0 Å². The van der Waals surface area contributed by atoms with Gasteiger partial charge < -0.3 is 4.74 Å². The van der Waals surface area contributed by atoms with Gasteiger partial charge in [-0.3, -0.25) is 9.36 Å². The van der Waals surface area contributed by atoms with E-state index in [0.717, 1.165) is 5.56 Å². The molecule has 0 spiro atoms. The summed E-state index contributed by atoms with van der Waals surface area (Å²) in [6.07, 6.45) is 0. The third-order valence-electron chi connectivity index (χ3n) is 3.03. The third-order valence-corrected chi connectivity index (χ3v) is 5.59. The van der Waals surface area contributed by atoms with Gasteiger partial charge in [0.1, 0.15) is 12.6 Å². The van der Waals surface area contributed by atoms with E-state index in [1.807, 2.05) is 30.3 Å². The lowest BCUT2D eigenvalue weighted by Gasteiger charge is -2.18. The summed E-state index contributed by atoms with van der Waals surface area (Å²) in [5.74, 6) is -0.499. The van der Waals surface area contributed by atoms with Crippen LogP contribution in [0.2, 0.25) is 0 Å². The number of carbonyl (C=O) groups excluding carboxylic acids is 1. The molecule has 1 N–H and O–H groups in total. The van der Waals surface area contributed by atoms with Crippen LogP contribution in [0, 0.1) is 0 Å². The molecule has 22 heavy (non-hydrogen) atoms. The lowest BCUT2D eigenvalue weighted by Crippen LogP contribution is -2.34. The highest BCUT2D eigenvalue weighted by Crippen LogP contribution is 2.45. The fourth-order valence-electron chi connectivity index (χ4n) is 1.85. The second kappa shape index (κ2) is 7.59. The van der Waals surface area contributed by atoms with Crippen molar-refractivity contribution >= 4 is 29.2 Å². The molecule has 6 heteroatoms. The van der Waals surface area contributed by atoms with Gasteiger partial charge in [0, 0.05) is 5.30 Å². The summed E-state index contributed by atoms with van der Waals surface area (Å²) in [5, 5.41) is 3.11. The molecule has 0 heterocycles. The van der Waals surface area contributed by atoms with E-state index in [1.165, 1.54) is 0 Å². The summed E-state index contributed by atoms with van der Waals surface area (Å²) in [6.45, 7) is -1.58. The lowest BCUT2D eigenvalue weighted by atomic mass is 10.2. The number of hydrogen-bond acceptors (Lipinski definition) is 3. The Morgan fingerprint density at radius 2 is 1.68 bits per heavy atom. The molecule has 2 aromatic carbocycles. The maximum atomic E-state index is 12.5. The molecule has 1 unspecified atom stereocenters. The van der Waals surface area contributed by atoms with Crippen LogP contribution in [0.15, 0.2) is 60.7 Å². The average Bonchev–Trinajstić information content (AvgIpc) is 2.54. The van der Waals surface area contributed by atoms with Crippen LogP contribution < -0.4 is 10.4 Å². The predicted octanol–water partition coefficient (Wildman–Crippen LogP) is 3.47. The Bertz CT molecular complexity index is 664. The normalized spacial score (nSPS) is 14.8. The van der Waals surface area contributed by atoms with E-state index in [1.54, 1.807) is 37.3 Å². The number of ether oxygens (including phenoxy) is 1. The highest BCUT2D eigenvalue weighted by Gasteiger charge is 2.27. The Balaban J connectivity index is 1.92. The minimum atomic E-state index is -3.33. The minimum Gasteiger partial charge on any atom is -0.460 e. The fourth-order valence-corrected chi connectivity index (χ4v) is 3.94. The van der Waals surface area contributed by atoms with Crippen LogP contribution in [-0.4, -0.2) is 12.0 Å². The first-order chi connectivity index (χ1) is 10.5. The largest absolute Gasteiger partial charge is 0.460 e. The topological polar surface area (TPSA) is 55.4 Å². The van der Waals surface area contributed by atoms with E-state index in [0.29, 0.717) is 5.30 Å². The molecule has 0 saturated carbocycles. The minimum absolute atomic E-state index is 0.170. The van der Waals surface area contributed by atoms with Crippen molar-refractivity contribution in [3.05, 3.63) is 66.2 Å². The smallest absolute Gasteiger partial charge is 0.323 e. The number of hydrogen-bond donors (Lipinski definition) is 1. The van der Waals surface area contributed by atoms with Crippen molar-refractivity contribution in [2.45, 2.75) is 19.6 Å². The van der Waals surface area contributed by atoms with Crippen LogP contribution in [0.4, 0.5) is 0 Å². The van der Waals surface area contributed by atoms with Crippen molar-refractivity contribution in [1.82, 2.24) is 5.09 Å². The zero-order valence-electron chi connectivity index (χ0n) is 12.1. The Morgan fingerprint density at radius 3 is 2.27 bits per heavy atom. The first-order valence-electron chi connectivity index (χ1n) is 6.83. The summed E-state index contributed by atoms with van der Waals surface area (Å²) in [7, 11) is 0. The molecule has 4 nitrogen and oxygen atoms in total. The molecule has 2 atom stereocenters. The van der Waals surface area contributed by atoms with Crippen molar-refractivity contribution in [2.24, 2.45) is 0 Å². The van der Waals surface area contributed by atoms with Crippen molar-refractivity contribution in [3.8, 4) is 0 Å². The second-order valence-corrected chi connectivity index (χ2v) is 8.08. The third kappa shape index (κ3) is 4.70. The van der Waals surface area contributed by atoms with Crippen LogP contribution >= 0.6 is 17.9 Å². The number of esters is 1. The Hall–Kier alpha value is -1.61. The quantitative estimate of drug-likeness (QED) is 0.648. The number of carbonyl (C=O) groups is 1. The van der Waals surface area contributed by atoms with E-state index >= 15 is 0 Å². The van der Waals surface area contributed by atoms with Crippen molar-refractivity contribution in [2.75, 3.05) is 0 Å². The van der Waals surface area contributed by atoms with Crippen LogP contribution in [0.25, 0.3) is 0 Å². The molecule has 0 saturated heterocycles. The molecule has 0 radical (unpaired) electrons. The predicted molar refractivity (Wildman–Crippen MR) is 88.4 cm³/mol. The monoisotopic (exact) mass is 337 g/mol. The molecule has 2 rings (SSSR count). The average molecular weight is 338 g/mol. The van der Waals surface area contributed by atoms with Crippen molar-refractivity contribution in [3.63, 3.8) is 0 Å². The van der Waals surface area contributed by atoms with E-state index in [-0.39, 0.29) is 6.61 Å². The van der Waals surface area contributed by atoms with Gasteiger partial charge in [0.25, 0.3) is 6.65 Å². The van der Waals surface area contributed by atoms with Gasteiger partial charge in [0.2, 0.25) is 0 Å². The van der Waals surface area contributed by atoms with Crippen molar-refractivity contribution < 1.29 is 14.1 Å². The van der Waals surface area contributed by atoms with Crippen LogP contribution in [0.1, 0.15) is 12.5 Å². The van der Waals surface area contributed by atoms with Gasteiger partial charge in [-0.25, -0.2) is 5.09 Å². The summed E-state index contributed by atoms with van der Waals surface area (Å²) in [6, 6.07) is 17.2. The number of rotatable bonds is 6. The van der Waals surface area contributed by atoms with E-state index < -0.39 is 18.7 Å². The van der Waals surface area contributed by atoms with Gasteiger partial charge in [0.05, 0.1) is 0 Å². The first-order valence-corrected chi connectivity index (χ1v) is 9.44. The summed E-state index contributed by atoms with van der Waals surface area (Å²) >= 11 is 6.05. The van der Waals surface area contributed by atoms with Gasteiger partial charge >= 0.3 is 5.97 Å². The van der Waals surface area contributed by atoms with E-state index in [2.05, 4.69) is 5.09 Å². The summed E-state index contributed by atoms with van der Waals surface area (Å²) in [4.78, 5) is 12.0. The lowest BCUT2D eigenvalue weighted by molar-refractivity contribution is -0.146. The van der Waals surface area contributed by atoms with Crippen molar-refractivity contribution in [1.29, 1.82) is 0 Å². The molecule has 0 amide bonds. The van der Waals surface area contributed by atoms with Crippen LogP contribution in [-0.2, 0) is 20.7 Å². The molecular weight excluding hydrogens is 321 g/mol. The molecule has 0 aliphatic heterocycles. The fraction of sp³-hybridized carbons (Fsp3) is 0.188. The highest BCUT2D eigenvalue weighted by atomic mass is 35.7. The molecule has 0 aliphatic carbocycles. The van der Waals surface area contributed by atoms with Crippen LogP contribution in [0.3, 0.4) is 0 Å². The Morgan fingerprint density at radius 1 is 1.14 bits per heavy atom. The highest BCUT2D eigenvalue weighted by molar-refractivity contribution is 7.93. The van der Waals surface area contributed by atoms with E-state index in [4.69, 9.17) is 16.0 Å². The molecule has 116 valence electrons. The Kier molecular flexibility index (Phi) is 5.78. The maximum Gasteiger partial charge on any atom is 0.323 e. The number of nitrogens with one attached hydrogen (secondary N) is 1. The van der Waals surface area contributed by atoms with E-state index in [9.17, 15) is 9.36 Å². The molecular formula is C16H17ClNO3P. The molecule has 0 aromatic heterocycles. The number of benzene rings is 2. The van der Waals surface area contributed by atoms with Gasteiger partial charge in [-0.15, -0.1) is 0 Å². The van der Waals surface area contributed by atoms with Gasteiger partial charge in [-0.1, -0.05) is 48.5 Å². The molecule has 2 aromatic rings. The Labute approximate surface area is 134 Å². The summed E-state index contributed by atoms with van der Waals surface area (Å²) < 4.78 is 17.6. The second-order valence-electron chi connectivity index (χ2n) is 4.81. The maximum absolute atomic E-state index is 12.5. The number of halogens is 1. The van der Waals surface area contributed by atoms with Crippen LogP contribution in [0.5, 0.6) is 0 Å². The molecule has 0 bridgehead atoms. The standard InChI is InChI=1S/C16H17ClNO3P/c1-13(16(19)21-12-14-8-4-2-5-9-14)18-22(17,20)15-10-6-3-7-11-15/h2-11,13H,12H2,1H3,(H,18,20)/t13-,22?/m0/s1. The zero-order chi connectivity index (χ0) is 16.0. The molecule has 0 aliphatic rings. The molecule has 0 fully saturated rings. The first kappa shape index (κ1) is 16.8. The summed E-state index contributed by atoms with van der Waals surface area (Å²) in [5.41, 5.74) is 0.889.